The van der Waals surface area contributed by atoms with Crippen LogP contribution >= 0.6 is 0 Å². The van der Waals surface area contributed by atoms with E-state index >= 15 is 0 Å². The van der Waals surface area contributed by atoms with Gasteiger partial charge in [0.05, 0.1) is 6.04 Å². The second-order valence-corrected chi connectivity index (χ2v) is 6.30. The molecule has 21 heavy (non-hydrogen) atoms. The highest BCUT2D eigenvalue weighted by Crippen LogP contribution is 2.39. The Bertz CT molecular complexity index is 591. The maximum Gasteiger partial charge on any atom is 0.0509 e. The van der Waals surface area contributed by atoms with Crippen LogP contribution in [-0.4, -0.2) is 4.98 Å². The molecule has 0 spiro atoms. The molecule has 2 aromatic rings. The quantitative estimate of drug-likeness (QED) is 0.659. The van der Waals surface area contributed by atoms with Crippen molar-refractivity contribution in [3.8, 4) is 0 Å². The van der Waals surface area contributed by atoms with Gasteiger partial charge in [-0.1, -0.05) is 50.5 Å². The highest BCUT2D eigenvalue weighted by Gasteiger charge is 2.29. The molecule has 0 amide bonds. The average Bonchev–Trinajstić information content (AvgIpc) is 2.56. The Kier molecular flexibility index (Phi) is 4.51. The number of nitrogens with one attached hydrogen (secondary N) is 1. The number of benzene rings is 1. The molecule has 1 aliphatic carbocycles. The molecule has 1 aromatic carbocycles. The Balaban J connectivity index is 1.94. The maximum atomic E-state index is 5.94. The zero-order valence-corrected chi connectivity index (χ0v) is 12.8. The van der Waals surface area contributed by atoms with Crippen molar-refractivity contribution in [2.24, 2.45) is 17.7 Å². The van der Waals surface area contributed by atoms with Crippen LogP contribution in [0.1, 0.15) is 50.6 Å². The lowest BCUT2D eigenvalue weighted by Crippen LogP contribution is -2.36. The predicted octanol–water partition coefficient (Wildman–Crippen LogP) is 3.96. The number of rotatable bonds is 4. The number of nitrogens with two attached hydrogens (primary N) is 1. The van der Waals surface area contributed by atoms with E-state index in [2.05, 4.69) is 41.6 Å². The summed E-state index contributed by atoms with van der Waals surface area (Å²) < 4.78 is 0. The van der Waals surface area contributed by atoms with Gasteiger partial charge in [0, 0.05) is 17.8 Å². The first-order chi connectivity index (χ1) is 10.3. The van der Waals surface area contributed by atoms with Crippen molar-refractivity contribution in [3.63, 3.8) is 0 Å². The monoisotopic (exact) mass is 283 g/mol. The third-order valence-electron chi connectivity index (χ3n) is 5.09. The van der Waals surface area contributed by atoms with Gasteiger partial charge >= 0.3 is 0 Å². The summed E-state index contributed by atoms with van der Waals surface area (Å²) in [4.78, 5) is 4.42. The molecule has 112 valence electrons. The number of fused-ring (bicyclic) bond motifs is 1. The van der Waals surface area contributed by atoms with Crippen molar-refractivity contribution in [1.29, 1.82) is 0 Å². The molecule has 3 unspecified atom stereocenters. The van der Waals surface area contributed by atoms with E-state index in [4.69, 9.17) is 5.84 Å². The minimum absolute atomic E-state index is 0.206. The molecule has 3 nitrogen and oxygen atoms in total. The summed E-state index contributed by atoms with van der Waals surface area (Å²) >= 11 is 0. The van der Waals surface area contributed by atoms with Gasteiger partial charge in [0.15, 0.2) is 0 Å². The van der Waals surface area contributed by atoms with Crippen LogP contribution in [0, 0.1) is 11.8 Å². The van der Waals surface area contributed by atoms with Gasteiger partial charge < -0.3 is 0 Å². The van der Waals surface area contributed by atoms with Gasteiger partial charge in [0.2, 0.25) is 0 Å². The molecule has 1 saturated carbocycles. The van der Waals surface area contributed by atoms with Gasteiger partial charge in [-0.05, 0) is 35.6 Å². The van der Waals surface area contributed by atoms with Crippen LogP contribution < -0.4 is 11.3 Å². The van der Waals surface area contributed by atoms with Crippen molar-refractivity contribution < 1.29 is 0 Å². The van der Waals surface area contributed by atoms with E-state index in [1.54, 1.807) is 0 Å². The topological polar surface area (TPSA) is 50.9 Å². The molecule has 0 radical (unpaired) electrons. The van der Waals surface area contributed by atoms with Crippen LogP contribution in [0.5, 0.6) is 0 Å². The van der Waals surface area contributed by atoms with E-state index in [0.29, 0.717) is 5.92 Å². The van der Waals surface area contributed by atoms with Gasteiger partial charge in [0.25, 0.3) is 0 Å². The third-order valence-corrected chi connectivity index (χ3v) is 5.09. The Hall–Kier alpha value is -1.45. The largest absolute Gasteiger partial charge is 0.271 e. The molecular weight excluding hydrogens is 258 g/mol. The zero-order valence-electron chi connectivity index (χ0n) is 12.8. The standard InChI is InChI=1S/C18H25N3/c1-2-13-6-5-8-14(10-13)18(21-19)17-12-20-11-15-7-3-4-9-16(15)17/h3-4,7,9,11-14,18,21H,2,5-6,8,10,19H2,1H3. The van der Waals surface area contributed by atoms with Crippen LogP contribution in [0.15, 0.2) is 36.7 Å². The van der Waals surface area contributed by atoms with E-state index in [9.17, 15) is 0 Å². The number of hydrazine groups is 1. The molecular formula is C18H25N3. The highest BCUT2D eigenvalue weighted by molar-refractivity contribution is 5.85. The molecule has 3 N–H and O–H groups in total. The molecule has 3 atom stereocenters. The number of hydrogen-bond acceptors (Lipinski definition) is 3. The molecule has 3 heteroatoms. The summed E-state index contributed by atoms with van der Waals surface area (Å²) in [6.07, 6.45) is 10.4. The van der Waals surface area contributed by atoms with E-state index in [0.717, 1.165) is 5.92 Å². The van der Waals surface area contributed by atoms with Crippen LogP contribution in [-0.2, 0) is 0 Å². The molecule has 1 aliphatic rings. The Morgan fingerprint density at radius 2 is 2.14 bits per heavy atom. The number of aromatic nitrogens is 1. The van der Waals surface area contributed by atoms with Gasteiger partial charge in [-0.25, -0.2) is 0 Å². The van der Waals surface area contributed by atoms with Crippen molar-refractivity contribution in [2.75, 3.05) is 0 Å². The Labute approximate surface area is 126 Å². The lowest BCUT2D eigenvalue weighted by Gasteiger charge is -2.34. The zero-order chi connectivity index (χ0) is 14.7. The maximum absolute atomic E-state index is 5.94. The molecule has 0 aliphatic heterocycles. The number of hydrogen-bond donors (Lipinski definition) is 2. The van der Waals surface area contributed by atoms with Gasteiger partial charge in [-0.3, -0.25) is 16.3 Å². The molecule has 1 heterocycles. The Morgan fingerprint density at radius 3 is 2.95 bits per heavy atom. The van der Waals surface area contributed by atoms with Crippen LogP contribution in [0.4, 0.5) is 0 Å². The van der Waals surface area contributed by atoms with E-state index < -0.39 is 0 Å². The third kappa shape index (κ3) is 2.94. The summed E-state index contributed by atoms with van der Waals surface area (Å²) in [6.45, 7) is 2.30. The van der Waals surface area contributed by atoms with E-state index in [-0.39, 0.29) is 6.04 Å². The van der Waals surface area contributed by atoms with Gasteiger partial charge in [-0.15, -0.1) is 0 Å². The normalized spacial score (nSPS) is 24.1. The Morgan fingerprint density at radius 1 is 1.29 bits per heavy atom. The summed E-state index contributed by atoms with van der Waals surface area (Å²) in [6, 6.07) is 8.66. The highest BCUT2D eigenvalue weighted by atomic mass is 15.2. The smallest absolute Gasteiger partial charge is 0.0509 e. The van der Waals surface area contributed by atoms with E-state index in [1.807, 2.05) is 12.4 Å². The molecule has 1 fully saturated rings. The average molecular weight is 283 g/mol. The summed E-state index contributed by atoms with van der Waals surface area (Å²) in [5.74, 6) is 7.40. The lowest BCUT2D eigenvalue weighted by atomic mass is 9.75. The fraction of sp³-hybridized carbons (Fsp3) is 0.500. The van der Waals surface area contributed by atoms with Crippen molar-refractivity contribution in [1.82, 2.24) is 10.4 Å². The SMILES string of the molecule is CCC1CCCC(C(NN)c2cncc3ccccc23)C1. The van der Waals surface area contributed by atoms with Gasteiger partial charge in [-0.2, -0.15) is 0 Å². The van der Waals surface area contributed by atoms with Crippen molar-refractivity contribution in [2.45, 2.75) is 45.1 Å². The fourth-order valence-electron chi connectivity index (χ4n) is 3.87. The van der Waals surface area contributed by atoms with Gasteiger partial charge in [0.1, 0.15) is 0 Å². The van der Waals surface area contributed by atoms with Crippen LogP contribution in [0.25, 0.3) is 10.8 Å². The molecule has 3 rings (SSSR count). The summed E-state index contributed by atoms with van der Waals surface area (Å²) in [5, 5.41) is 2.46. The van der Waals surface area contributed by atoms with Crippen molar-refractivity contribution >= 4 is 10.8 Å². The number of nitrogens with zero attached hydrogens (tertiary/aromatic N) is 1. The predicted molar refractivity (Wildman–Crippen MR) is 87.5 cm³/mol. The van der Waals surface area contributed by atoms with Crippen LogP contribution in [0.3, 0.4) is 0 Å². The molecule has 0 saturated heterocycles. The summed E-state index contributed by atoms with van der Waals surface area (Å²) in [5.41, 5.74) is 4.33. The summed E-state index contributed by atoms with van der Waals surface area (Å²) in [7, 11) is 0. The van der Waals surface area contributed by atoms with Crippen molar-refractivity contribution in [3.05, 3.63) is 42.2 Å². The second-order valence-electron chi connectivity index (χ2n) is 6.30. The number of pyridine rings is 1. The first-order valence-electron chi connectivity index (χ1n) is 8.12. The van der Waals surface area contributed by atoms with Crippen LogP contribution in [0.2, 0.25) is 0 Å². The fourth-order valence-corrected chi connectivity index (χ4v) is 3.87. The first-order valence-corrected chi connectivity index (χ1v) is 8.12. The minimum Gasteiger partial charge on any atom is -0.271 e. The molecule has 1 aromatic heterocycles. The minimum atomic E-state index is 0.206. The second kappa shape index (κ2) is 6.54. The first kappa shape index (κ1) is 14.5. The molecule has 0 bridgehead atoms. The van der Waals surface area contributed by atoms with E-state index in [1.165, 1.54) is 48.4 Å². The lowest BCUT2D eigenvalue weighted by molar-refractivity contribution is 0.210.